The first-order valence-corrected chi connectivity index (χ1v) is 9.38. The maximum Gasteiger partial charge on any atom is 0.246 e. The Kier molecular flexibility index (Phi) is 8.86. The monoisotopic (exact) mass is 329 g/mol. The van der Waals surface area contributed by atoms with Crippen LogP contribution in [0.2, 0.25) is 0 Å². The van der Waals surface area contributed by atoms with Crippen LogP contribution >= 0.6 is 11.8 Å². The van der Waals surface area contributed by atoms with Crippen molar-refractivity contribution in [2.45, 2.75) is 58.1 Å². The van der Waals surface area contributed by atoms with E-state index in [9.17, 15) is 9.59 Å². The van der Waals surface area contributed by atoms with Gasteiger partial charge in [-0.2, -0.15) is 0 Å². The lowest BCUT2D eigenvalue weighted by Crippen LogP contribution is -2.41. The number of hydrogen-bond donors (Lipinski definition) is 2. The lowest BCUT2D eigenvalue weighted by molar-refractivity contribution is -0.129. The highest BCUT2D eigenvalue weighted by Gasteiger charge is 2.23. The number of nitrogens with zero attached hydrogens (tertiary/aromatic N) is 1. The molecule has 0 aromatic heterocycles. The summed E-state index contributed by atoms with van der Waals surface area (Å²) in [5, 5.41) is -0.289. The zero-order valence-corrected chi connectivity index (χ0v) is 15.0. The van der Waals surface area contributed by atoms with Crippen molar-refractivity contribution in [3.05, 3.63) is 0 Å². The first kappa shape index (κ1) is 19.3. The molecule has 128 valence electrons. The summed E-state index contributed by atoms with van der Waals surface area (Å²) >= 11 is 1.35. The maximum absolute atomic E-state index is 12.2. The Balaban J connectivity index is 2.20. The molecule has 0 aliphatic carbocycles. The molecule has 0 saturated carbocycles. The van der Waals surface area contributed by atoms with Crippen molar-refractivity contribution in [2.24, 2.45) is 17.7 Å². The number of amides is 2. The van der Waals surface area contributed by atoms with Crippen LogP contribution in [0.25, 0.3) is 0 Å². The van der Waals surface area contributed by atoms with Gasteiger partial charge in [-0.25, -0.2) is 5.84 Å². The highest BCUT2D eigenvalue weighted by Crippen LogP contribution is 2.24. The Bertz CT molecular complexity index is 355. The smallest absolute Gasteiger partial charge is 0.246 e. The second-order valence-electron chi connectivity index (χ2n) is 6.61. The molecule has 3 N–H and O–H groups in total. The third-order valence-electron chi connectivity index (χ3n) is 4.33. The van der Waals surface area contributed by atoms with E-state index in [0.717, 1.165) is 37.8 Å². The number of carbonyl (C=O) groups is 2. The summed E-state index contributed by atoms with van der Waals surface area (Å²) in [6, 6.07) is 0. The van der Waals surface area contributed by atoms with Crippen LogP contribution in [0.1, 0.15) is 52.9 Å². The number of nitrogens with one attached hydrogen (secondary N) is 1. The van der Waals surface area contributed by atoms with E-state index in [2.05, 4.69) is 19.3 Å². The van der Waals surface area contributed by atoms with Gasteiger partial charge in [-0.1, -0.05) is 33.1 Å². The summed E-state index contributed by atoms with van der Waals surface area (Å²) in [6.07, 6.45) is 6.14. The minimum Gasteiger partial charge on any atom is -0.342 e. The molecule has 1 unspecified atom stereocenters. The number of rotatable bonds is 8. The molecule has 22 heavy (non-hydrogen) atoms. The highest BCUT2D eigenvalue weighted by atomic mass is 32.2. The molecule has 0 bridgehead atoms. The summed E-state index contributed by atoms with van der Waals surface area (Å²) in [7, 11) is 0. The lowest BCUT2D eigenvalue weighted by Gasteiger charge is -2.32. The van der Waals surface area contributed by atoms with E-state index in [0.29, 0.717) is 5.75 Å². The predicted octanol–water partition coefficient (Wildman–Crippen LogP) is 2.16. The number of nitrogens with two attached hydrogens (primary N) is 1. The summed E-state index contributed by atoms with van der Waals surface area (Å²) in [4.78, 5) is 25.4. The predicted molar refractivity (Wildman–Crippen MR) is 92.2 cm³/mol. The molecule has 1 aliphatic rings. The zero-order chi connectivity index (χ0) is 16.5. The fourth-order valence-corrected chi connectivity index (χ4v) is 3.56. The second-order valence-corrected chi connectivity index (χ2v) is 7.94. The molecule has 1 aliphatic heterocycles. The van der Waals surface area contributed by atoms with Crippen molar-refractivity contribution in [1.29, 1.82) is 0 Å². The Morgan fingerprint density at radius 1 is 1.27 bits per heavy atom. The highest BCUT2D eigenvalue weighted by molar-refractivity contribution is 8.01. The molecule has 1 fully saturated rings. The van der Waals surface area contributed by atoms with Crippen LogP contribution in [0.15, 0.2) is 0 Å². The molecular weight excluding hydrogens is 298 g/mol. The van der Waals surface area contributed by atoms with Gasteiger partial charge in [0.2, 0.25) is 11.8 Å². The topological polar surface area (TPSA) is 75.4 Å². The van der Waals surface area contributed by atoms with E-state index < -0.39 is 0 Å². The van der Waals surface area contributed by atoms with Gasteiger partial charge >= 0.3 is 0 Å². The molecule has 5 nitrogen and oxygen atoms in total. The number of likely N-dealkylation sites (tertiary alicyclic amines) is 1. The van der Waals surface area contributed by atoms with Crippen molar-refractivity contribution in [3.8, 4) is 0 Å². The van der Waals surface area contributed by atoms with Gasteiger partial charge in [0.25, 0.3) is 0 Å². The molecule has 1 heterocycles. The van der Waals surface area contributed by atoms with Crippen LogP contribution < -0.4 is 11.3 Å². The van der Waals surface area contributed by atoms with Crippen molar-refractivity contribution < 1.29 is 9.59 Å². The van der Waals surface area contributed by atoms with Gasteiger partial charge in [0.1, 0.15) is 0 Å². The number of carbonyl (C=O) groups excluding carboxylic acids is 2. The minimum atomic E-state index is -0.289. The normalized spacial score (nSPS) is 17.6. The molecule has 2 amide bonds. The Morgan fingerprint density at radius 3 is 2.45 bits per heavy atom. The second kappa shape index (κ2) is 10.1. The van der Waals surface area contributed by atoms with Crippen LogP contribution in [0, 0.1) is 11.8 Å². The lowest BCUT2D eigenvalue weighted by atomic mass is 9.90. The summed E-state index contributed by atoms with van der Waals surface area (Å²) < 4.78 is 0. The maximum atomic E-state index is 12.2. The molecule has 1 saturated heterocycles. The molecule has 0 aromatic rings. The third-order valence-corrected chi connectivity index (χ3v) is 5.46. The van der Waals surface area contributed by atoms with Gasteiger partial charge < -0.3 is 4.90 Å². The van der Waals surface area contributed by atoms with Crippen molar-refractivity contribution in [1.82, 2.24) is 10.3 Å². The fraction of sp³-hybridized carbons (Fsp3) is 0.875. The van der Waals surface area contributed by atoms with E-state index >= 15 is 0 Å². The van der Waals surface area contributed by atoms with E-state index in [1.165, 1.54) is 31.0 Å². The average molecular weight is 330 g/mol. The van der Waals surface area contributed by atoms with Crippen molar-refractivity contribution in [2.75, 3.05) is 18.8 Å². The Morgan fingerprint density at radius 2 is 1.91 bits per heavy atom. The molecule has 1 rings (SSSR count). The summed E-state index contributed by atoms with van der Waals surface area (Å²) in [5.74, 6) is 6.91. The van der Waals surface area contributed by atoms with Gasteiger partial charge in [-0.15, -0.1) is 11.8 Å². The van der Waals surface area contributed by atoms with Gasteiger partial charge in [0, 0.05) is 13.1 Å². The van der Waals surface area contributed by atoms with Crippen LogP contribution in [-0.4, -0.2) is 40.8 Å². The van der Waals surface area contributed by atoms with Crippen LogP contribution in [-0.2, 0) is 9.59 Å². The van der Waals surface area contributed by atoms with E-state index in [1.54, 1.807) is 6.92 Å². The standard InChI is InChI=1S/C16H31N3O2S/c1-12(2)5-4-6-14-7-9-19(10-8-14)15(20)11-22-13(3)16(21)18-17/h12-14H,4-11,17H2,1-3H3,(H,18,21). The number of thioether (sulfide) groups is 1. The van der Waals surface area contributed by atoms with Gasteiger partial charge in [-0.3, -0.25) is 15.0 Å². The van der Waals surface area contributed by atoms with Crippen molar-refractivity contribution >= 4 is 23.6 Å². The first-order chi connectivity index (χ1) is 10.4. The number of hydrogen-bond acceptors (Lipinski definition) is 4. The fourth-order valence-electron chi connectivity index (χ4n) is 2.77. The summed E-state index contributed by atoms with van der Waals surface area (Å²) in [6.45, 7) is 8.03. The molecular formula is C16H31N3O2S. The Labute approximate surface area is 138 Å². The number of hydrazine groups is 1. The molecule has 0 aromatic carbocycles. The van der Waals surface area contributed by atoms with Crippen molar-refractivity contribution in [3.63, 3.8) is 0 Å². The summed E-state index contributed by atoms with van der Waals surface area (Å²) in [5.41, 5.74) is 2.12. The van der Waals surface area contributed by atoms with Gasteiger partial charge in [0.15, 0.2) is 0 Å². The minimum absolute atomic E-state index is 0.141. The molecule has 0 spiro atoms. The first-order valence-electron chi connectivity index (χ1n) is 8.33. The van der Waals surface area contributed by atoms with E-state index in [4.69, 9.17) is 5.84 Å². The van der Waals surface area contributed by atoms with Crippen LogP contribution in [0.5, 0.6) is 0 Å². The van der Waals surface area contributed by atoms with Gasteiger partial charge in [-0.05, 0) is 31.6 Å². The number of piperidine rings is 1. The van der Waals surface area contributed by atoms with Crippen LogP contribution in [0.3, 0.4) is 0 Å². The SMILES string of the molecule is CC(C)CCCC1CCN(C(=O)CSC(C)C(=O)NN)CC1. The average Bonchev–Trinajstić information content (AvgIpc) is 2.51. The quantitative estimate of drug-likeness (QED) is 0.406. The van der Waals surface area contributed by atoms with E-state index in [1.807, 2.05) is 4.90 Å². The van der Waals surface area contributed by atoms with Gasteiger partial charge in [0.05, 0.1) is 11.0 Å². The Hall–Kier alpha value is -0.750. The molecule has 0 radical (unpaired) electrons. The largest absolute Gasteiger partial charge is 0.342 e. The van der Waals surface area contributed by atoms with E-state index in [-0.39, 0.29) is 17.1 Å². The molecule has 1 atom stereocenters. The third kappa shape index (κ3) is 7.01. The zero-order valence-electron chi connectivity index (χ0n) is 14.1. The van der Waals surface area contributed by atoms with Crippen LogP contribution in [0.4, 0.5) is 0 Å². The molecule has 6 heteroatoms.